The zero-order valence-electron chi connectivity index (χ0n) is 19.6. The Kier molecular flexibility index (Phi) is 5.34. The van der Waals surface area contributed by atoms with Crippen LogP contribution in [-0.4, -0.2) is 17.1 Å². The highest BCUT2D eigenvalue weighted by molar-refractivity contribution is 5.64. The second-order valence-electron chi connectivity index (χ2n) is 10.7. The quantitative estimate of drug-likeness (QED) is 0.506. The Morgan fingerprint density at radius 2 is 1.55 bits per heavy atom. The smallest absolute Gasteiger partial charge is 0.111 e. The normalized spacial score (nSPS) is 31.5. The molecule has 0 amide bonds. The average molecular weight is 393 g/mol. The van der Waals surface area contributed by atoms with Crippen LogP contribution in [0.25, 0.3) is 0 Å². The Morgan fingerprint density at radius 1 is 0.931 bits per heavy atom. The minimum atomic E-state index is 0.330. The maximum absolute atomic E-state index is 2.74. The molecule has 0 aromatic heterocycles. The van der Waals surface area contributed by atoms with Crippen LogP contribution in [0.3, 0.4) is 0 Å². The summed E-state index contributed by atoms with van der Waals surface area (Å²) in [6.45, 7) is 16.5. The summed E-state index contributed by atoms with van der Waals surface area (Å²) in [7, 11) is 0. The first-order valence-electron chi connectivity index (χ1n) is 11.7. The van der Waals surface area contributed by atoms with Gasteiger partial charge < -0.3 is 9.80 Å². The van der Waals surface area contributed by atoms with Crippen LogP contribution >= 0.6 is 0 Å². The van der Waals surface area contributed by atoms with Gasteiger partial charge in [0.25, 0.3) is 0 Å². The Labute approximate surface area is 178 Å². The van der Waals surface area contributed by atoms with Crippen molar-refractivity contribution in [1.82, 2.24) is 4.90 Å². The Morgan fingerprint density at radius 3 is 2.14 bits per heavy atom. The van der Waals surface area contributed by atoms with Gasteiger partial charge in [0.15, 0.2) is 0 Å². The van der Waals surface area contributed by atoms with Gasteiger partial charge in [-0.05, 0) is 69.9 Å². The summed E-state index contributed by atoms with van der Waals surface area (Å²) in [5.74, 6) is 1.39. The molecule has 158 valence electrons. The highest BCUT2D eigenvalue weighted by Crippen LogP contribution is 2.50. The molecule has 29 heavy (non-hydrogen) atoms. The summed E-state index contributed by atoms with van der Waals surface area (Å²) in [5.41, 5.74) is 7.48. The predicted molar refractivity (Wildman–Crippen MR) is 125 cm³/mol. The van der Waals surface area contributed by atoms with Crippen molar-refractivity contribution in [2.45, 2.75) is 92.8 Å². The zero-order chi connectivity index (χ0) is 20.9. The van der Waals surface area contributed by atoms with Gasteiger partial charge in [0.1, 0.15) is 6.17 Å². The zero-order valence-corrected chi connectivity index (χ0v) is 19.6. The molecular formula is C27H40N2. The van der Waals surface area contributed by atoms with Crippen molar-refractivity contribution in [3.8, 4) is 0 Å². The van der Waals surface area contributed by atoms with Crippen molar-refractivity contribution in [2.24, 2.45) is 17.3 Å². The minimum Gasteiger partial charge on any atom is -0.348 e. The van der Waals surface area contributed by atoms with E-state index < -0.39 is 0 Å². The molecule has 4 atom stereocenters. The van der Waals surface area contributed by atoms with E-state index in [1.54, 1.807) is 5.57 Å². The van der Waals surface area contributed by atoms with Gasteiger partial charge in [-0.1, -0.05) is 63.0 Å². The minimum absolute atomic E-state index is 0.330. The molecule has 4 rings (SSSR count). The predicted octanol–water partition coefficient (Wildman–Crippen LogP) is 7.10. The Balaban J connectivity index is 1.79. The van der Waals surface area contributed by atoms with Crippen molar-refractivity contribution in [2.75, 3.05) is 4.90 Å². The van der Waals surface area contributed by atoms with E-state index in [-0.39, 0.29) is 0 Å². The van der Waals surface area contributed by atoms with E-state index >= 15 is 0 Å². The lowest BCUT2D eigenvalue weighted by molar-refractivity contribution is 0.0843. The van der Waals surface area contributed by atoms with Crippen LogP contribution in [0.5, 0.6) is 0 Å². The van der Waals surface area contributed by atoms with Gasteiger partial charge in [-0.25, -0.2) is 0 Å². The molecule has 1 saturated carbocycles. The summed E-state index contributed by atoms with van der Waals surface area (Å²) >= 11 is 0. The summed E-state index contributed by atoms with van der Waals surface area (Å²) < 4.78 is 0. The summed E-state index contributed by atoms with van der Waals surface area (Å²) in [4.78, 5) is 5.37. The maximum Gasteiger partial charge on any atom is 0.111 e. The molecule has 0 spiro atoms. The standard InChI is InChI=1S/C27H40N2/c1-18-14-20(3)24(21(4)15-18)28-12-13-29(26(28)27(7)10-8-9-11-27)25-22(5)16-19(2)17-23(25)6/h12-16,19,23,25-26H,8-11,17H2,1-7H3. The number of anilines is 1. The molecule has 1 heterocycles. The highest BCUT2D eigenvalue weighted by Gasteiger charge is 2.48. The van der Waals surface area contributed by atoms with Crippen molar-refractivity contribution in [1.29, 1.82) is 0 Å². The van der Waals surface area contributed by atoms with Crippen LogP contribution in [0.15, 0.2) is 36.2 Å². The third kappa shape index (κ3) is 3.53. The van der Waals surface area contributed by atoms with Crippen molar-refractivity contribution in [3.63, 3.8) is 0 Å². The second-order valence-corrected chi connectivity index (χ2v) is 10.7. The molecule has 2 aliphatic carbocycles. The van der Waals surface area contributed by atoms with E-state index in [1.807, 2.05) is 0 Å². The Bertz CT molecular complexity index is 804. The molecule has 2 heteroatoms. The highest BCUT2D eigenvalue weighted by atomic mass is 15.4. The van der Waals surface area contributed by atoms with Crippen molar-refractivity contribution in [3.05, 3.63) is 52.9 Å². The van der Waals surface area contributed by atoms with Gasteiger partial charge in [0.2, 0.25) is 0 Å². The lowest BCUT2D eigenvalue weighted by atomic mass is 9.77. The number of hydrogen-bond acceptors (Lipinski definition) is 2. The molecule has 1 aromatic carbocycles. The van der Waals surface area contributed by atoms with Gasteiger partial charge >= 0.3 is 0 Å². The lowest BCUT2D eigenvalue weighted by Gasteiger charge is -2.49. The molecule has 4 unspecified atom stereocenters. The molecule has 2 nitrogen and oxygen atoms in total. The average Bonchev–Trinajstić information content (AvgIpc) is 3.21. The first-order valence-corrected chi connectivity index (χ1v) is 11.7. The number of benzene rings is 1. The fourth-order valence-electron chi connectivity index (χ4n) is 6.92. The fraction of sp³-hybridized carbons (Fsp3) is 0.630. The molecule has 3 aliphatic rings. The fourth-order valence-corrected chi connectivity index (χ4v) is 6.92. The number of allylic oxidation sites excluding steroid dienone is 1. The van der Waals surface area contributed by atoms with Gasteiger partial charge in [-0.15, -0.1) is 0 Å². The molecular weight excluding hydrogens is 352 g/mol. The number of rotatable bonds is 3. The van der Waals surface area contributed by atoms with Gasteiger partial charge in [0, 0.05) is 23.5 Å². The first kappa shape index (κ1) is 20.6. The molecule has 1 aromatic rings. The van der Waals surface area contributed by atoms with Crippen LogP contribution in [0.2, 0.25) is 0 Å². The Hall–Kier alpha value is -1.70. The largest absolute Gasteiger partial charge is 0.348 e. The number of nitrogens with zero attached hydrogens (tertiary/aromatic N) is 2. The topological polar surface area (TPSA) is 6.48 Å². The summed E-state index contributed by atoms with van der Waals surface area (Å²) in [6, 6.07) is 5.22. The summed E-state index contributed by atoms with van der Waals surface area (Å²) in [5, 5.41) is 0. The van der Waals surface area contributed by atoms with Crippen molar-refractivity contribution < 1.29 is 0 Å². The third-order valence-corrected chi connectivity index (χ3v) is 7.83. The van der Waals surface area contributed by atoms with Gasteiger partial charge in [-0.3, -0.25) is 0 Å². The molecule has 1 fully saturated rings. The molecule has 0 bridgehead atoms. The molecule has 0 radical (unpaired) electrons. The van der Waals surface area contributed by atoms with Gasteiger partial charge in [-0.2, -0.15) is 0 Å². The van der Waals surface area contributed by atoms with Crippen LogP contribution in [0.4, 0.5) is 5.69 Å². The van der Waals surface area contributed by atoms with E-state index in [2.05, 4.69) is 88.9 Å². The maximum atomic E-state index is 2.74. The van der Waals surface area contributed by atoms with Crippen LogP contribution in [-0.2, 0) is 0 Å². The van der Waals surface area contributed by atoms with E-state index in [9.17, 15) is 0 Å². The van der Waals surface area contributed by atoms with Crippen LogP contribution in [0.1, 0.15) is 76.5 Å². The van der Waals surface area contributed by atoms with Crippen LogP contribution in [0, 0.1) is 38.0 Å². The number of hydrogen-bond donors (Lipinski definition) is 0. The van der Waals surface area contributed by atoms with Gasteiger partial charge in [0.05, 0.1) is 6.04 Å². The van der Waals surface area contributed by atoms with Crippen LogP contribution < -0.4 is 4.90 Å². The third-order valence-electron chi connectivity index (χ3n) is 7.83. The second kappa shape index (κ2) is 7.52. The molecule has 0 N–H and O–H groups in total. The lowest BCUT2D eigenvalue weighted by Crippen LogP contribution is -2.55. The van der Waals surface area contributed by atoms with Crippen molar-refractivity contribution >= 4 is 5.69 Å². The van der Waals surface area contributed by atoms with E-state index in [4.69, 9.17) is 0 Å². The summed E-state index contributed by atoms with van der Waals surface area (Å²) in [6.07, 6.45) is 14.4. The van der Waals surface area contributed by atoms with E-state index in [0.717, 1.165) is 0 Å². The molecule has 0 saturated heterocycles. The molecule has 1 aliphatic heterocycles. The van der Waals surface area contributed by atoms with E-state index in [0.29, 0.717) is 29.5 Å². The first-order chi connectivity index (χ1) is 13.7. The number of aryl methyl sites for hydroxylation is 3. The SMILES string of the molecule is CC1=CC(C)CC(C)C1N1C=CN(c2c(C)cc(C)cc2C)C1C1(C)CCCC1. The monoisotopic (exact) mass is 392 g/mol. The van der Waals surface area contributed by atoms with E-state index in [1.165, 1.54) is 54.5 Å².